The summed E-state index contributed by atoms with van der Waals surface area (Å²) in [6.07, 6.45) is 0. The molecule has 3 N–H and O–H groups in total. The Hall–Kier alpha value is -1.42. The van der Waals surface area contributed by atoms with Gasteiger partial charge in [-0.2, -0.15) is 0 Å². The molecule has 0 atom stereocenters. The molecule has 0 aliphatic heterocycles. The Kier molecular flexibility index (Phi) is 4.20. The minimum atomic E-state index is -0.723. The Bertz CT molecular complexity index is 725. The van der Waals surface area contributed by atoms with Crippen LogP contribution in [0.4, 0.5) is 5.69 Å². The van der Waals surface area contributed by atoms with Crippen LogP contribution in [0.1, 0.15) is 10.5 Å². The number of carbonyl (C=O) groups is 1. The molecular weight excluding hydrogens is 429 g/mol. The average molecular weight is 436 g/mol. The van der Waals surface area contributed by atoms with Crippen molar-refractivity contribution in [1.29, 1.82) is 0 Å². The van der Waals surface area contributed by atoms with Crippen LogP contribution in [0.5, 0.6) is 0 Å². The monoisotopic (exact) mass is 435 g/mol. The number of hydrogen-bond acceptors (Lipinski definition) is 3. The minimum Gasteiger partial charge on any atom is -0.320 e. The Balaban J connectivity index is 2.30. The molecule has 1 aromatic carbocycles. The van der Waals surface area contributed by atoms with Crippen molar-refractivity contribution in [3.05, 3.63) is 58.8 Å². The maximum absolute atomic E-state index is 11.9. The van der Waals surface area contributed by atoms with Crippen molar-refractivity contribution in [2.75, 3.05) is 5.32 Å². The second kappa shape index (κ2) is 5.70. The van der Waals surface area contributed by atoms with Gasteiger partial charge in [0.05, 0.1) is 5.69 Å². The summed E-state index contributed by atoms with van der Waals surface area (Å²) in [5.74, 6) is -0.565. The van der Waals surface area contributed by atoms with Crippen molar-refractivity contribution in [3.63, 3.8) is 0 Å². The highest BCUT2D eigenvalue weighted by Crippen LogP contribution is 2.24. The number of H-pyrrole nitrogens is 2. The zero-order chi connectivity index (χ0) is 14.0. The van der Waals surface area contributed by atoms with E-state index in [9.17, 15) is 14.4 Å². The predicted octanol–water partition coefficient (Wildman–Crippen LogP) is 1.68. The summed E-state index contributed by atoms with van der Waals surface area (Å²) < 4.78 is 1.71. The molecule has 2 rings (SSSR count). The molecule has 98 valence electrons. The third kappa shape index (κ3) is 3.53. The third-order valence-electron chi connectivity index (χ3n) is 2.18. The molecule has 0 aliphatic rings. The summed E-state index contributed by atoms with van der Waals surface area (Å²) in [4.78, 5) is 38.3. The van der Waals surface area contributed by atoms with Crippen molar-refractivity contribution in [2.24, 2.45) is 0 Å². The van der Waals surface area contributed by atoms with Crippen LogP contribution in [0.15, 0.2) is 38.3 Å². The lowest BCUT2D eigenvalue weighted by atomic mass is 10.3. The summed E-state index contributed by atoms with van der Waals surface area (Å²) in [5, 5.41) is 2.60. The normalized spacial score (nSPS) is 10.2. The highest BCUT2D eigenvalue weighted by atomic mass is 127. The maximum Gasteiger partial charge on any atom is 0.326 e. The first-order valence-electron chi connectivity index (χ1n) is 5.06. The summed E-state index contributed by atoms with van der Waals surface area (Å²) in [6, 6.07) is 6.39. The van der Waals surface area contributed by atoms with Gasteiger partial charge in [0.1, 0.15) is 5.69 Å². The van der Waals surface area contributed by atoms with E-state index in [1.807, 2.05) is 17.1 Å². The van der Waals surface area contributed by atoms with Crippen molar-refractivity contribution < 1.29 is 4.79 Å². The first kappa shape index (κ1) is 14.0. The van der Waals surface area contributed by atoms with Gasteiger partial charge in [-0.15, -0.1) is 0 Å². The van der Waals surface area contributed by atoms with Gasteiger partial charge in [0, 0.05) is 14.1 Å². The van der Waals surface area contributed by atoms with Crippen LogP contribution in [0.2, 0.25) is 0 Å². The highest BCUT2D eigenvalue weighted by molar-refractivity contribution is 14.1. The lowest BCUT2D eigenvalue weighted by Crippen LogP contribution is -2.27. The number of aromatic nitrogens is 2. The lowest BCUT2D eigenvalue weighted by molar-refractivity contribution is 0.102. The Morgan fingerprint density at radius 2 is 1.95 bits per heavy atom. The van der Waals surface area contributed by atoms with Gasteiger partial charge < -0.3 is 10.3 Å². The number of rotatable bonds is 2. The fraction of sp³-hybridized carbons (Fsp3) is 0. The molecule has 0 bridgehead atoms. The molecule has 2 aromatic rings. The molecule has 1 amide bonds. The van der Waals surface area contributed by atoms with Gasteiger partial charge in [0.25, 0.3) is 11.5 Å². The molecule has 0 saturated carbocycles. The molecule has 1 heterocycles. The summed E-state index contributed by atoms with van der Waals surface area (Å²) in [5.41, 5.74) is -0.902. The zero-order valence-electron chi connectivity index (χ0n) is 9.29. The third-order valence-corrected chi connectivity index (χ3v) is 3.51. The lowest BCUT2D eigenvalue weighted by Gasteiger charge is -2.07. The minimum absolute atomic E-state index is 0.0980. The fourth-order valence-corrected chi connectivity index (χ4v) is 2.77. The van der Waals surface area contributed by atoms with Gasteiger partial charge in [-0.1, -0.05) is 0 Å². The quantitative estimate of drug-likeness (QED) is 0.626. The van der Waals surface area contributed by atoms with E-state index in [0.29, 0.717) is 10.2 Å². The van der Waals surface area contributed by atoms with E-state index in [4.69, 9.17) is 0 Å². The van der Waals surface area contributed by atoms with Crippen molar-refractivity contribution in [1.82, 2.24) is 9.97 Å². The van der Waals surface area contributed by atoms with E-state index < -0.39 is 17.2 Å². The van der Waals surface area contributed by atoms with Gasteiger partial charge in [-0.25, -0.2) is 4.79 Å². The maximum atomic E-state index is 11.9. The summed E-state index contributed by atoms with van der Waals surface area (Å²) >= 11 is 5.46. The van der Waals surface area contributed by atoms with Crippen LogP contribution in [0.3, 0.4) is 0 Å². The van der Waals surface area contributed by atoms with Crippen molar-refractivity contribution >= 4 is 50.1 Å². The Morgan fingerprint density at radius 1 is 1.21 bits per heavy atom. The zero-order valence-corrected chi connectivity index (χ0v) is 13.0. The smallest absolute Gasteiger partial charge is 0.320 e. The number of anilines is 1. The summed E-state index contributed by atoms with van der Waals surface area (Å²) in [7, 11) is 0. The van der Waals surface area contributed by atoms with Crippen LogP contribution in [0, 0.1) is 3.57 Å². The average Bonchev–Trinajstić information content (AvgIpc) is 2.31. The molecule has 0 spiro atoms. The Morgan fingerprint density at radius 3 is 2.58 bits per heavy atom. The molecule has 0 unspecified atom stereocenters. The number of halogens is 2. The second-order valence-corrected chi connectivity index (χ2v) is 5.68. The first-order chi connectivity index (χ1) is 8.95. The standard InChI is InChI=1S/C11H7BrIN3O3/c12-6-3-5(13)1-2-7(6)14-10(18)8-4-9(17)16-11(19)15-8/h1-4H,(H,14,18)(H2,15,16,17,19). The van der Waals surface area contributed by atoms with Gasteiger partial charge in [0.2, 0.25) is 0 Å². The van der Waals surface area contributed by atoms with Crippen LogP contribution < -0.4 is 16.6 Å². The van der Waals surface area contributed by atoms with Gasteiger partial charge in [-0.3, -0.25) is 14.6 Å². The van der Waals surface area contributed by atoms with E-state index in [1.54, 1.807) is 6.07 Å². The number of aromatic amines is 2. The van der Waals surface area contributed by atoms with Crippen LogP contribution >= 0.6 is 38.5 Å². The number of hydrogen-bond donors (Lipinski definition) is 3. The van der Waals surface area contributed by atoms with Crippen LogP contribution in [-0.4, -0.2) is 15.9 Å². The van der Waals surface area contributed by atoms with E-state index in [-0.39, 0.29) is 5.69 Å². The van der Waals surface area contributed by atoms with Gasteiger partial charge in [-0.05, 0) is 56.7 Å². The van der Waals surface area contributed by atoms with Gasteiger partial charge >= 0.3 is 5.69 Å². The second-order valence-electron chi connectivity index (χ2n) is 3.58. The van der Waals surface area contributed by atoms with Crippen molar-refractivity contribution in [2.45, 2.75) is 0 Å². The fourth-order valence-electron chi connectivity index (χ4n) is 1.37. The van der Waals surface area contributed by atoms with Crippen molar-refractivity contribution in [3.8, 4) is 0 Å². The topological polar surface area (TPSA) is 94.8 Å². The molecule has 0 saturated heterocycles. The van der Waals surface area contributed by atoms with Crippen LogP contribution in [-0.2, 0) is 0 Å². The molecule has 0 aliphatic carbocycles. The molecular formula is C11H7BrIN3O3. The number of benzene rings is 1. The van der Waals surface area contributed by atoms with Crippen LogP contribution in [0.25, 0.3) is 0 Å². The number of amides is 1. The molecule has 1 aromatic heterocycles. The first-order valence-corrected chi connectivity index (χ1v) is 6.93. The molecule has 0 radical (unpaired) electrons. The summed E-state index contributed by atoms with van der Waals surface area (Å²) in [6.45, 7) is 0. The predicted molar refractivity (Wildman–Crippen MR) is 82.5 cm³/mol. The van der Waals surface area contributed by atoms with Gasteiger partial charge in [0.15, 0.2) is 0 Å². The molecule has 0 fully saturated rings. The molecule has 19 heavy (non-hydrogen) atoms. The molecule has 8 heteroatoms. The van der Waals surface area contributed by atoms with E-state index >= 15 is 0 Å². The number of nitrogens with one attached hydrogen (secondary N) is 3. The van der Waals surface area contributed by atoms with E-state index in [1.165, 1.54) is 0 Å². The number of carbonyl (C=O) groups excluding carboxylic acids is 1. The molecule has 6 nitrogen and oxygen atoms in total. The Labute approximate surface area is 128 Å². The highest BCUT2D eigenvalue weighted by Gasteiger charge is 2.10. The SMILES string of the molecule is O=C(Nc1ccc(I)cc1Br)c1cc(=O)[nH]c(=O)[nH]1. The van der Waals surface area contributed by atoms with E-state index in [2.05, 4.69) is 48.8 Å². The largest absolute Gasteiger partial charge is 0.326 e. The van der Waals surface area contributed by atoms with E-state index in [0.717, 1.165) is 9.64 Å².